The lowest BCUT2D eigenvalue weighted by molar-refractivity contribution is 0.0514. The standard InChI is InChI=1S/C19H23ClN2O3/c1-2-24-19(23)17-13-16(25-21-17)7-3-4-10-22-11-5-6-14-12-15(20)8-9-18(14)22/h8-9,12-13H,2-7,10-11H2,1H3. The molecule has 1 aliphatic heterocycles. The van der Waals surface area contributed by atoms with Crippen molar-refractivity contribution in [1.29, 1.82) is 0 Å². The van der Waals surface area contributed by atoms with Crippen LogP contribution in [0.15, 0.2) is 28.8 Å². The van der Waals surface area contributed by atoms with Gasteiger partial charge < -0.3 is 14.2 Å². The third kappa shape index (κ3) is 4.54. The van der Waals surface area contributed by atoms with E-state index in [1.54, 1.807) is 13.0 Å². The zero-order valence-electron chi connectivity index (χ0n) is 14.5. The molecule has 6 heteroatoms. The largest absolute Gasteiger partial charge is 0.461 e. The number of hydrogen-bond acceptors (Lipinski definition) is 5. The maximum absolute atomic E-state index is 11.6. The molecule has 1 aromatic heterocycles. The molecular formula is C19H23ClN2O3. The molecule has 2 heterocycles. The van der Waals surface area contributed by atoms with Crippen molar-refractivity contribution in [3.8, 4) is 0 Å². The van der Waals surface area contributed by atoms with Crippen molar-refractivity contribution >= 4 is 23.3 Å². The summed E-state index contributed by atoms with van der Waals surface area (Å²) < 4.78 is 10.1. The molecule has 0 fully saturated rings. The molecule has 0 bridgehead atoms. The molecule has 5 nitrogen and oxygen atoms in total. The highest BCUT2D eigenvalue weighted by molar-refractivity contribution is 6.30. The SMILES string of the molecule is CCOC(=O)c1cc(CCCCN2CCCc3cc(Cl)ccc32)on1. The number of benzene rings is 1. The zero-order valence-corrected chi connectivity index (χ0v) is 15.2. The van der Waals surface area contributed by atoms with Crippen molar-refractivity contribution in [2.75, 3.05) is 24.6 Å². The van der Waals surface area contributed by atoms with Crippen LogP contribution in [-0.2, 0) is 17.6 Å². The highest BCUT2D eigenvalue weighted by atomic mass is 35.5. The van der Waals surface area contributed by atoms with E-state index in [0.29, 0.717) is 6.61 Å². The second-order valence-corrected chi connectivity index (χ2v) is 6.66. The van der Waals surface area contributed by atoms with E-state index in [-0.39, 0.29) is 5.69 Å². The minimum Gasteiger partial charge on any atom is -0.461 e. The summed E-state index contributed by atoms with van der Waals surface area (Å²) in [5.74, 6) is 0.301. The van der Waals surface area contributed by atoms with Gasteiger partial charge in [-0.15, -0.1) is 0 Å². The fraction of sp³-hybridized carbons (Fsp3) is 0.474. The Labute approximate surface area is 152 Å². The number of anilines is 1. The summed E-state index contributed by atoms with van der Waals surface area (Å²) in [7, 11) is 0. The van der Waals surface area contributed by atoms with E-state index in [2.05, 4.69) is 22.2 Å². The lowest BCUT2D eigenvalue weighted by atomic mass is 10.0. The van der Waals surface area contributed by atoms with Crippen molar-refractivity contribution in [1.82, 2.24) is 5.16 Å². The number of carbonyl (C=O) groups excluding carboxylic acids is 1. The lowest BCUT2D eigenvalue weighted by Gasteiger charge is -2.31. The van der Waals surface area contributed by atoms with Gasteiger partial charge in [0.15, 0.2) is 5.69 Å². The number of aromatic nitrogens is 1. The van der Waals surface area contributed by atoms with E-state index in [0.717, 1.165) is 49.6 Å². The predicted octanol–water partition coefficient (Wildman–Crippen LogP) is 4.28. The van der Waals surface area contributed by atoms with Gasteiger partial charge in [-0.05, 0) is 56.4 Å². The van der Waals surface area contributed by atoms with Crippen molar-refractivity contribution in [3.05, 3.63) is 46.3 Å². The number of fused-ring (bicyclic) bond motifs is 1. The summed E-state index contributed by atoms with van der Waals surface area (Å²) in [6.45, 7) is 4.20. The van der Waals surface area contributed by atoms with Crippen molar-refractivity contribution in [3.63, 3.8) is 0 Å². The second kappa shape index (κ2) is 8.39. The smallest absolute Gasteiger partial charge is 0.360 e. The van der Waals surface area contributed by atoms with E-state index in [9.17, 15) is 4.79 Å². The van der Waals surface area contributed by atoms with E-state index in [1.165, 1.54) is 17.7 Å². The number of carbonyl (C=O) groups is 1. The molecule has 1 aliphatic rings. The zero-order chi connectivity index (χ0) is 17.6. The Kier molecular flexibility index (Phi) is 5.97. The van der Waals surface area contributed by atoms with Crippen molar-refractivity contribution < 1.29 is 14.1 Å². The normalized spacial score (nSPS) is 13.6. The van der Waals surface area contributed by atoms with Gasteiger partial charge in [0.2, 0.25) is 0 Å². The Morgan fingerprint density at radius 3 is 3.08 bits per heavy atom. The fourth-order valence-corrected chi connectivity index (χ4v) is 3.40. The number of aryl methyl sites for hydroxylation is 2. The summed E-state index contributed by atoms with van der Waals surface area (Å²) in [4.78, 5) is 14.0. The van der Waals surface area contributed by atoms with E-state index in [1.807, 2.05) is 6.07 Å². The lowest BCUT2D eigenvalue weighted by Crippen LogP contribution is -2.30. The van der Waals surface area contributed by atoms with E-state index < -0.39 is 5.97 Å². The Morgan fingerprint density at radius 1 is 1.36 bits per heavy atom. The molecule has 0 spiro atoms. The molecule has 0 saturated heterocycles. The van der Waals surface area contributed by atoms with Crippen LogP contribution in [-0.4, -0.2) is 30.8 Å². The number of nitrogens with zero attached hydrogens (tertiary/aromatic N) is 2. The van der Waals surface area contributed by atoms with Gasteiger partial charge in [-0.1, -0.05) is 16.8 Å². The quantitative estimate of drug-likeness (QED) is 0.543. The number of rotatable bonds is 7. The average Bonchev–Trinajstić information content (AvgIpc) is 3.08. The van der Waals surface area contributed by atoms with E-state index in [4.69, 9.17) is 20.9 Å². The summed E-state index contributed by atoms with van der Waals surface area (Å²) in [5, 5.41) is 4.58. The van der Waals surface area contributed by atoms with Gasteiger partial charge in [0.05, 0.1) is 6.61 Å². The summed E-state index contributed by atoms with van der Waals surface area (Å²) >= 11 is 6.10. The molecule has 0 N–H and O–H groups in total. The van der Waals surface area contributed by atoms with Crippen LogP contribution in [0.4, 0.5) is 5.69 Å². The molecule has 0 saturated carbocycles. The van der Waals surface area contributed by atoms with E-state index >= 15 is 0 Å². The monoisotopic (exact) mass is 362 g/mol. The van der Waals surface area contributed by atoms with Crippen LogP contribution in [0.2, 0.25) is 5.02 Å². The van der Waals surface area contributed by atoms with Gasteiger partial charge in [0.1, 0.15) is 5.76 Å². The minimum atomic E-state index is -0.430. The third-order valence-electron chi connectivity index (χ3n) is 4.40. The Hall–Kier alpha value is -2.01. The molecule has 0 amide bonds. The first-order valence-corrected chi connectivity index (χ1v) is 9.21. The second-order valence-electron chi connectivity index (χ2n) is 6.22. The number of halogens is 1. The Balaban J connectivity index is 1.47. The van der Waals surface area contributed by atoms with Crippen LogP contribution in [0.25, 0.3) is 0 Å². The first-order chi connectivity index (χ1) is 12.2. The Morgan fingerprint density at radius 2 is 2.24 bits per heavy atom. The molecule has 0 aliphatic carbocycles. The third-order valence-corrected chi connectivity index (χ3v) is 4.64. The van der Waals surface area contributed by atoms with Crippen molar-refractivity contribution in [2.24, 2.45) is 0 Å². The van der Waals surface area contributed by atoms with Crippen LogP contribution < -0.4 is 4.90 Å². The summed E-state index contributed by atoms with van der Waals surface area (Å²) in [6.07, 6.45) is 5.07. The Bertz CT molecular complexity index is 729. The molecule has 0 unspecified atom stereocenters. The fourth-order valence-electron chi connectivity index (χ4n) is 3.21. The summed E-state index contributed by atoms with van der Waals surface area (Å²) in [6, 6.07) is 7.84. The molecule has 3 rings (SSSR count). The molecule has 2 aromatic rings. The van der Waals surface area contributed by atoms with Gasteiger partial charge in [0.25, 0.3) is 0 Å². The first-order valence-electron chi connectivity index (χ1n) is 8.83. The molecule has 1 aromatic carbocycles. The highest BCUT2D eigenvalue weighted by Crippen LogP contribution is 2.29. The van der Waals surface area contributed by atoms with Crippen LogP contribution in [0.5, 0.6) is 0 Å². The van der Waals surface area contributed by atoms with Gasteiger partial charge in [0, 0.05) is 36.3 Å². The highest BCUT2D eigenvalue weighted by Gasteiger charge is 2.17. The topological polar surface area (TPSA) is 55.6 Å². The van der Waals surface area contributed by atoms with Gasteiger partial charge in [-0.3, -0.25) is 0 Å². The van der Waals surface area contributed by atoms with Gasteiger partial charge in [-0.2, -0.15) is 0 Å². The van der Waals surface area contributed by atoms with Crippen LogP contribution in [0.1, 0.15) is 48.0 Å². The van der Waals surface area contributed by atoms with Crippen LogP contribution in [0.3, 0.4) is 0 Å². The minimum absolute atomic E-state index is 0.249. The number of unbranched alkanes of at least 4 members (excludes halogenated alkanes) is 1. The number of hydrogen-bond donors (Lipinski definition) is 0. The molecular weight excluding hydrogens is 340 g/mol. The van der Waals surface area contributed by atoms with Crippen LogP contribution in [0, 0.1) is 0 Å². The molecule has 0 atom stereocenters. The molecule has 0 radical (unpaired) electrons. The maximum atomic E-state index is 11.6. The predicted molar refractivity (Wildman–Crippen MR) is 97.4 cm³/mol. The molecule has 25 heavy (non-hydrogen) atoms. The van der Waals surface area contributed by atoms with Gasteiger partial charge in [-0.25, -0.2) is 4.79 Å². The van der Waals surface area contributed by atoms with Crippen molar-refractivity contribution in [2.45, 2.75) is 39.0 Å². The number of ether oxygens (including phenoxy) is 1. The number of esters is 1. The maximum Gasteiger partial charge on any atom is 0.360 e. The first kappa shape index (κ1) is 17.8. The van der Waals surface area contributed by atoms with Crippen LogP contribution >= 0.6 is 11.6 Å². The average molecular weight is 363 g/mol. The van der Waals surface area contributed by atoms with Gasteiger partial charge >= 0.3 is 5.97 Å². The molecule has 134 valence electrons. The summed E-state index contributed by atoms with van der Waals surface area (Å²) in [5.41, 5.74) is 2.90.